The Labute approximate surface area is 157 Å². The molecular weight excluding hydrogens is 352 g/mol. The third kappa shape index (κ3) is 4.49. The van der Waals surface area contributed by atoms with Crippen LogP contribution in [0.1, 0.15) is 6.42 Å². The third-order valence-electron chi connectivity index (χ3n) is 4.14. The number of nitrogens with zero attached hydrogens (tertiary/aromatic N) is 3. The van der Waals surface area contributed by atoms with Gasteiger partial charge in [0.05, 0.1) is 27.9 Å². The maximum atomic E-state index is 12.6. The maximum Gasteiger partial charge on any atom is 0.321 e. The van der Waals surface area contributed by atoms with Crippen LogP contribution >= 0.6 is 0 Å². The molecule has 0 saturated carbocycles. The van der Waals surface area contributed by atoms with Crippen molar-refractivity contribution in [2.75, 3.05) is 39.7 Å². The molecule has 1 N–H and O–H groups in total. The van der Waals surface area contributed by atoms with Crippen LogP contribution in [0.5, 0.6) is 23.3 Å². The number of hydrogen-bond donors (Lipinski definition) is 1. The van der Waals surface area contributed by atoms with E-state index >= 15 is 0 Å². The Kier molecular flexibility index (Phi) is 5.80. The van der Waals surface area contributed by atoms with Gasteiger partial charge in [-0.1, -0.05) is 0 Å². The second kappa shape index (κ2) is 8.43. The van der Waals surface area contributed by atoms with Crippen molar-refractivity contribution in [3.63, 3.8) is 0 Å². The number of nitrogens with one attached hydrogen (secondary N) is 1. The highest BCUT2D eigenvalue weighted by Crippen LogP contribution is 2.27. The van der Waals surface area contributed by atoms with E-state index in [1.54, 1.807) is 37.3 Å². The number of rotatable bonds is 6. The number of aromatic nitrogens is 2. The molecule has 1 fully saturated rings. The number of carbonyl (C=O) groups excluding carboxylic acids is 1. The number of likely N-dealkylation sites (tertiary alicyclic amines) is 1. The lowest BCUT2D eigenvalue weighted by Gasteiger charge is -2.18. The minimum atomic E-state index is -0.220. The molecule has 0 radical (unpaired) electrons. The van der Waals surface area contributed by atoms with Gasteiger partial charge in [0.2, 0.25) is 0 Å². The fraction of sp³-hybridized carbons (Fsp3) is 0.389. The van der Waals surface area contributed by atoms with Crippen LogP contribution in [0.4, 0.5) is 10.5 Å². The van der Waals surface area contributed by atoms with Gasteiger partial charge in [-0.05, 0) is 0 Å². The zero-order valence-corrected chi connectivity index (χ0v) is 15.5. The molecule has 1 aromatic carbocycles. The first-order valence-corrected chi connectivity index (χ1v) is 8.43. The number of carbonyl (C=O) groups is 1. The van der Waals surface area contributed by atoms with Gasteiger partial charge in [0.15, 0.2) is 0 Å². The summed E-state index contributed by atoms with van der Waals surface area (Å²) in [4.78, 5) is 22.4. The largest absolute Gasteiger partial charge is 0.497 e. The number of urea groups is 1. The van der Waals surface area contributed by atoms with Crippen molar-refractivity contribution >= 4 is 11.7 Å². The quantitative estimate of drug-likeness (QED) is 0.828. The van der Waals surface area contributed by atoms with Gasteiger partial charge in [0, 0.05) is 49.2 Å². The smallest absolute Gasteiger partial charge is 0.321 e. The molecule has 1 aromatic heterocycles. The van der Waals surface area contributed by atoms with E-state index in [1.807, 2.05) is 0 Å². The number of benzene rings is 1. The van der Waals surface area contributed by atoms with Gasteiger partial charge in [-0.25, -0.2) is 14.8 Å². The lowest BCUT2D eigenvalue weighted by molar-refractivity contribution is 0.182. The molecule has 144 valence electrons. The van der Waals surface area contributed by atoms with Crippen LogP contribution in [-0.2, 0) is 0 Å². The Bertz CT molecular complexity index is 779. The molecule has 9 heteroatoms. The maximum absolute atomic E-state index is 12.6. The average Bonchev–Trinajstić information content (AvgIpc) is 3.16. The van der Waals surface area contributed by atoms with Crippen LogP contribution in [0.2, 0.25) is 0 Å². The number of hydrogen-bond acceptors (Lipinski definition) is 7. The van der Waals surface area contributed by atoms with Gasteiger partial charge in [0.1, 0.15) is 17.6 Å². The lowest BCUT2D eigenvalue weighted by atomic mass is 10.3. The molecule has 3 rings (SSSR count). The van der Waals surface area contributed by atoms with E-state index in [2.05, 4.69) is 15.3 Å². The Morgan fingerprint density at radius 3 is 2.33 bits per heavy atom. The molecule has 1 saturated heterocycles. The van der Waals surface area contributed by atoms with E-state index in [9.17, 15) is 4.79 Å². The van der Waals surface area contributed by atoms with Gasteiger partial charge in [0.25, 0.3) is 11.8 Å². The first-order chi connectivity index (χ1) is 13.1. The van der Waals surface area contributed by atoms with E-state index in [-0.39, 0.29) is 12.1 Å². The van der Waals surface area contributed by atoms with Gasteiger partial charge in [-0.15, -0.1) is 0 Å². The fourth-order valence-corrected chi connectivity index (χ4v) is 2.78. The fourth-order valence-electron chi connectivity index (χ4n) is 2.78. The molecule has 0 aliphatic carbocycles. The molecule has 0 bridgehead atoms. The highest BCUT2D eigenvalue weighted by Gasteiger charge is 2.29. The third-order valence-corrected chi connectivity index (χ3v) is 4.14. The van der Waals surface area contributed by atoms with Crippen LogP contribution in [-0.4, -0.2) is 61.4 Å². The Hall–Kier alpha value is -3.23. The Morgan fingerprint density at radius 1 is 1.04 bits per heavy atom. The summed E-state index contributed by atoms with van der Waals surface area (Å²) < 4.78 is 21.4. The minimum Gasteiger partial charge on any atom is -0.497 e. The molecule has 2 amide bonds. The van der Waals surface area contributed by atoms with Gasteiger partial charge >= 0.3 is 6.03 Å². The van der Waals surface area contributed by atoms with Crippen molar-refractivity contribution in [2.45, 2.75) is 12.5 Å². The van der Waals surface area contributed by atoms with Crippen molar-refractivity contribution < 1.29 is 23.7 Å². The van der Waals surface area contributed by atoms with Crippen molar-refractivity contribution in [1.82, 2.24) is 14.9 Å². The normalized spacial score (nSPS) is 16.0. The molecule has 1 aliphatic heterocycles. The van der Waals surface area contributed by atoms with Crippen molar-refractivity contribution in [3.05, 3.63) is 30.6 Å². The molecular formula is C18H22N4O5. The number of amides is 2. The second-order valence-corrected chi connectivity index (χ2v) is 5.88. The summed E-state index contributed by atoms with van der Waals surface area (Å²) in [5.41, 5.74) is 0.594. The van der Waals surface area contributed by atoms with Crippen molar-refractivity contribution in [2.24, 2.45) is 0 Å². The first kappa shape index (κ1) is 18.6. The monoisotopic (exact) mass is 374 g/mol. The summed E-state index contributed by atoms with van der Waals surface area (Å²) in [6.07, 6.45) is 3.58. The molecule has 0 spiro atoms. The van der Waals surface area contributed by atoms with E-state index in [0.29, 0.717) is 48.5 Å². The SMILES string of the molecule is COc1cc(NC(=O)N2CCC(Oc3nccnc3OC)C2)cc(OC)c1. The zero-order chi connectivity index (χ0) is 19.2. The summed E-state index contributed by atoms with van der Waals surface area (Å²) in [5.74, 6) is 1.85. The van der Waals surface area contributed by atoms with E-state index in [4.69, 9.17) is 18.9 Å². The van der Waals surface area contributed by atoms with Crippen LogP contribution in [0.3, 0.4) is 0 Å². The Balaban J connectivity index is 1.61. The summed E-state index contributed by atoms with van der Waals surface area (Å²) in [6.45, 7) is 1.01. The topological polar surface area (TPSA) is 95.0 Å². The highest BCUT2D eigenvalue weighted by molar-refractivity contribution is 5.90. The molecule has 2 aromatic rings. The number of anilines is 1. The summed E-state index contributed by atoms with van der Waals surface area (Å²) >= 11 is 0. The Morgan fingerprint density at radius 2 is 1.70 bits per heavy atom. The van der Waals surface area contributed by atoms with Crippen molar-refractivity contribution in [1.29, 1.82) is 0 Å². The predicted octanol–water partition coefficient (Wildman–Crippen LogP) is 2.19. The van der Waals surface area contributed by atoms with E-state index in [1.165, 1.54) is 19.5 Å². The average molecular weight is 374 g/mol. The zero-order valence-electron chi connectivity index (χ0n) is 15.5. The number of methoxy groups -OCH3 is 3. The standard InChI is InChI=1S/C18H22N4O5/c1-24-14-8-12(9-15(10-14)25-2)21-18(23)22-7-4-13(11-22)27-17-16(26-3)19-5-6-20-17/h5-6,8-10,13H,4,7,11H2,1-3H3,(H,21,23). The second-order valence-electron chi connectivity index (χ2n) is 5.88. The molecule has 1 unspecified atom stereocenters. The van der Waals surface area contributed by atoms with Crippen LogP contribution in [0.15, 0.2) is 30.6 Å². The minimum absolute atomic E-state index is 0.179. The van der Waals surface area contributed by atoms with Crippen molar-refractivity contribution in [3.8, 4) is 23.3 Å². The first-order valence-electron chi connectivity index (χ1n) is 8.43. The van der Waals surface area contributed by atoms with E-state index in [0.717, 1.165) is 0 Å². The molecule has 1 atom stereocenters. The van der Waals surface area contributed by atoms with E-state index < -0.39 is 0 Å². The molecule has 1 aliphatic rings. The lowest BCUT2D eigenvalue weighted by Crippen LogP contribution is -2.34. The summed E-state index contributed by atoms with van der Waals surface area (Å²) in [5, 5.41) is 2.86. The number of ether oxygens (including phenoxy) is 4. The van der Waals surface area contributed by atoms with Crippen LogP contribution in [0.25, 0.3) is 0 Å². The molecule has 2 heterocycles. The molecule has 9 nitrogen and oxygen atoms in total. The molecule has 27 heavy (non-hydrogen) atoms. The van der Waals surface area contributed by atoms with Gasteiger partial charge < -0.3 is 29.2 Å². The van der Waals surface area contributed by atoms with Crippen LogP contribution < -0.4 is 24.3 Å². The predicted molar refractivity (Wildman–Crippen MR) is 97.8 cm³/mol. The van der Waals surface area contributed by atoms with Crippen LogP contribution in [0, 0.1) is 0 Å². The highest BCUT2D eigenvalue weighted by atomic mass is 16.5. The van der Waals surface area contributed by atoms with Gasteiger partial charge in [-0.2, -0.15) is 0 Å². The summed E-state index contributed by atoms with van der Waals surface area (Å²) in [6, 6.07) is 4.98. The summed E-state index contributed by atoms with van der Waals surface area (Å²) in [7, 11) is 4.63. The van der Waals surface area contributed by atoms with Gasteiger partial charge in [-0.3, -0.25) is 0 Å².